The molecule has 3 aromatic rings. The number of aliphatic hydroxyl groups excluding tert-OH is 1. The fraction of sp³-hybridized carbons (Fsp3) is 0.312. The number of benzene rings is 1. The van der Waals surface area contributed by atoms with E-state index in [0.29, 0.717) is 46.7 Å². The van der Waals surface area contributed by atoms with Crippen LogP contribution >= 0.6 is 23.2 Å². The van der Waals surface area contributed by atoms with Crippen molar-refractivity contribution in [1.82, 2.24) is 19.1 Å². The van der Waals surface area contributed by atoms with Crippen LogP contribution in [0.15, 0.2) is 29.3 Å². The van der Waals surface area contributed by atoms with Gasteiger partial charge in [-0.05, 0) is 24.1 Å². The Morgan fingerprint density at radius 2 is 2.08 bits per heavy atom. The molecule has 25 heavy (non-hydrogen) atoms. The second-order valence-corrected chi connectivity index (χ2v) is 6.41. The van der Waals surface area contributed by atoms with Crippen molar-refractivity contribution in [3.63, 3.8) is 0 Å². The number of fused-ring (bicyclic) bond motifs is 1. The molecule has 0 radical (unpaired) electrons. The summed E-state index contributed by atoms with van der Waals surface area (Å²) in [5.41, 5.74) is 1.45. The first-order valence-corrected chi connectivity index (χ1v) is 8.47. The monoisotopic (exact) mass is 381 g/mol. The zero-order valence-electron chi connectivity index (χ0n) is 13.5. The third-order valence-corrected chi connectivity index (χ3v) is 4.55. The van der Waals surface area contributed by atoms with Gasteiger partial charge in [-0.2, -0.15) is 4.98 Å². The molecule has 0 amide bonds. The van der Waals surface area contributed by atoms with Crippen molar-refractivity contribution in [3.8, 4) is 0 Å². The molecule has 2 aromatic heterocycles. The third-order valence-electron chi connectivity index (χ3n) is 3.81. The van der Waals surface area contributed by atoms with Crippen molar-refractivity contribution >= 4 is 40.3 Å². The minimum Gasteiger partial charge on any atom is -0.396 e. The molecule has 9 heteroatoms. The average molecular weight is 382 g/mol. The Balaban J connectivity index is 1.94. The molecule has 0 aliphatic carbocycles. The maximum Gasteiger partial charge on any atom is 0.279 e. The molecule has 0 spiro atoms. The molecule has 0 saturated carbocycles. The Morgan fingerprint density at radius 1 is 1.28 bits per heavy atom. The van der Waals surface area contributed by atoms with Crippen molar-refractivity contribution < 1.29 is 5.11 Å². The van der Waals surface area contributed by atoms with E-state index in [2.05, 4.69) is 15.3 Å². The molecule has 1 aromatic carbocycles. The Hall–Kier alpha value is -2.09. The van der Waals surface area contributed by atoms with Gasteiger partial charge in [0.05, 0.1) is 16.6 Å². The first kappa shape index (κ1) is 17.7. The van der Waals surface area contributed by atoms with Gasteiger partial charge in [-0.15, -0.1) is 0 Å². The van der Waals surface area contributed by atoms with Crippen LogP contribution in [0.4, 0.5) is 5.95 Å². The summed E-state index contributed by atoms with van der Waals surface area (Å²) in [4.78, 5) is 21.4. The summed E-state index contributed by atoms with van der Waals surface area (Å²) in [7, 11) is 1.75. The highest BCUT2D eigenvalue weighted by Crippen LogP contribution is 2.23. The minimum absolute atomic E-state index is 0.0889. The van der Waals surface area contributed by atoms with Crippen molar-refractivity contribution in [2.24, 2.45) is 7.05 Å². The second-order valence-electron chi connectivity index (χ2n) is 5.60. The van der Waals surface area contributed by atoms with Crippen molar-refractivity contribution in [3.05, 3.63) is 50.5 Å². The quantitative estimate of drug-likeness (QED) is 0.639. The molecule has 132 valence electrons. The number of aryl methyl sites for hydroxylation is 1. The lowest BCUT2D eigenvalue weighted by Gasteiger charge is -2.07. The predicted molar refractivity (Wildman–Crippen MR) is 98.5 cm³/mol. The van der Waals surface area contributed by atoms with Crippen LogP contribution in [-0.2, 0) is 13.6 Å². The number of rotatable bonds is 6. The van der Waals surface area contributed by atoms with Gasteiger partial charge < -0.3 is 15.0 Å². The zero-order valence-corrected chi connectivity index (χ0v) is 15.0. The summed E-state index contributed by atoms with van der Waals surface area (Å²) in [6.07, 6.45) is 2.07. The topological polar surface area (TPSA) is 85.0 Å². The van der Waals surface area contributed by atoms with Crippen LogP contribution in [0.3, 0.4) is 0 Å². The molecule has 0 aliphatic rings. The molecule has 2 heterocycles. The molecule has 0 saturated heterocycles. The standard InChI is InChI=1S/C16H17Cl2N5O2/c1-22-13-14(21-16(22)19-5-2-6-24)20-9-23(15(13)25)8-10-3-4-11(17)12(18)7-10/h3-4,7,9,24H,2,5-6,8H2,1H3,(H,19,21). The summed E-state index contributed by atoms with van der Waals surface area (Å²) < 4.78 is 3.18. The summed E-state index contributed by atoms with van der Waals surface area (Å²) in [6.45, 7) is 0.980. The fourth-order valence-corrected chi connectivity index (χ4v) is 2.83. The predicted octanol–water partition coefficient (Wildman–Crippen LogP) is 2.28. The van der Waals surface area contributed by atoms with Gasteiger partial charge in [0.2, 0.25) is 5.95 Å². The highest BCUT2D eigenvalue weighted by Gasteiger charge is 2.14. The maximum absolute atomic E-state index is 12.8. The van der Waals surface area contributed by atoms with E-state index in [4.69, 9.17) is 28.3 Å². The number of hydrogen-bond acceptors (Lipinski definition) is 5. The van der Waals surface area contributed by atoms with Crippen LogP contribution in [0.2, 0.25) is 10.0 Å². The lowest BCUT2D eigenvalue weighted by Crippen LogP contribution is -2.22. The van der Waals surface area contributed by atoms with E-state index in [0.717, 1.165) is 5.56 Å². The SMILES string of the molecule is Cn1c(NCCCO)nc2ncn(Cc3ccc(Cl)c(Cl)c3)c(=O)c21. The zero-order chi connectivity index (χ0) is 18.0. The van der Waals surface area contributed by atoms with Gasteiger partial charge in [-0.1, -0.05) is 29.3 Å². The number of imidazole rings is 1. The molecular formula is C16H17Cl2N5O2. The lowest BCUT2D eigenvalue weighted by atomic mass is 10.2. The van der Waals surface area contributed by atoms with Gasteiger partial charge in [-0.3, -0.25) is 9.36 Å². The maximum atomic E-state index is 12.8. The number of anilines is 1. The Labute approximate surface area is 153 Å². The molecule has 0 unspecified atom stereocenters. The van der Waals surface area contributed by atoms with E-state index in [1.54, 1.807) is 23.7 Å². The Kier molecular flexibility index (Phi) is 5.27. The van der Waals surface area contributed by atoms with E-state index >= 15 is 0 Å². The summed E-state index contributed by atoms with van der Waals surface area (Å²) in [5.74, 6) is 0.542. The van der Waals surface area contributed by atoms with Gasteiger partial charge >= 0.3 is 0 Å². The number of aliphatic hydroxyl groups is 1. The first-order chi connectivity index (χ1) is 12.0. The molecule has 0 bridgehead atoms. The van der Waals surface area contributed by atoms with Gasteiger partial charge in [0, 0.05) is 20.2 Å². The van der Waals surface area contributed by atoms with Crippen LogP contribution in [0.1, 0.15) is 12.0 Å². The van der Waals surface area contributed by atoms with E-state index in [-0.39, 0.29) is 12.2 Å². The van der Waals surface area contributed by atoms with Crippen LogP contribution in [0.25, 0.3) is 11.2 Å². The van der Waals surface area contributed by atoms with E-state index in [9.17, 15) is 4.79 Å². The minimum atomic E-state index is -0.193. The molecule has 3 rings (SSSR count). The molecule has 0 atom stereocenters. The van der Waals surface area contributed by atoms with E-state index in [1.807, 2.05) is 6.07 Å². The third kappa shape index (κ3) is 3.63. The number of nitrogens with zero attached hydrogens (tertiary/aromatic N) is 4. The van der Waals surface area contributed by atoms with Crippen LogP contribution in [-0.4, -0.2) is 37.4 Å². The number of nitrogens with one attached hydrogen (secondary N) is 1. The van der Waals surface area contributed by atoms with Crippen molar-refractivity contribution in [2.45, 2.75) is 13.0 Å². The van der Waals surface area contributed by atoms with Crippen molar-refractivity contribution in [1.29, 1.82) is 0 Å². The highest BCUT2D eigenvalue weighted by atomic mass is 35.5. The van der Waals surface area contributed by atoms with Crippen molar-refractivity contribution in [2.75, 3.05) is 18.5 Å². The number of aromatic nitrogens is 4. The van der Waals surface area contributed by atoms with Gasteiger partial charge in [-0.25, -0.2) is 4.98 Å². The lowest BCUT2D eigenvalue weighted by molar-refractivity contribution is 0.292. The van der Waals surface area contributed by atoms with Gasteiger partial charge in [0.15, 0.2) is 11.2 Å². The average Bonchev–Trinajstić information content (AvgIpc) is 2.91. The van der Waals surface area contributed by atoms with Crippen LogP contribution in [0.5, 0.6) is 0 Å². The van der Waals surface area contributed by atoms with Gasteiger partial charge in [0.1, 0.15) is 6.33 Å². The molecule has 2 N–H and O–H groups in total. The highest BCUT2D eigenvalue weighted by molar-refractivity contribution is 6.42. The summed E-state index contributed by atoms with van der Waals surface area (Å²) in [6, 6.07) is 5.24. The normalized spacial score (nSPS) is 11.2. The van der Waals surface area contributed by atoms with Crippen LogP contribution in [0, 0.1) is 0 Å². The number of halogens is 2. The fourth-order valence-electron chi connectivity index (χ4n) is 2.51. The summed E-state index contributed by atoms with van der Waals surface area (Å²) >= 11 is 12.0. The summed E-state index contributed by atoms with van der Waals surface area (Å²) in [5, 5.41) is 12.9. The smallest absolute Gasteiger partial charge is 0.279 e. The molecule has 0 aliphatic heterocycles. The molecule has 0 fully saturated rings. The molecule has 7 nitrogen and oxygen atoms in total. The largest absolute Gasteiger partial charge is 0.396 e. The number of hydrogen-bond donors (Lipinski definition) is 2. The van der Waals surface area contributed by atoms with Gasteiger partial charge in [0.25, 0.3) is 5.56 Å². The Morgan fingerprint density at radius 3 is 2.80 bits per heavy atom. The Bertz CT molecular complexity index is 967. The van der Waals surface area contributed by atoms with E-state index in [1.165, 1.54) is 10.9 Å². The van der Waals surface area contributed by atoms with E-state index < -0.39 is 0 Å². The second kappa shape index (κ2) is 7.43. The van der Waals surface area contributed by atoms with Crippen LogP contribution < -0.4 is 10.9 Å². The molecular weight excluding hydrogens is 365 g/mol. The first-order valence-electron chi connectivity index (χ1n) is 7.71.